The van der Waals surface area contributed by atoms with Crippen molar-refractivity contribution in [3.05, 3.63) is 39.7 Å². The number of hydrogen-bond donors (Lipinski definition) is 1. The number of rotatable bonds is 5. The summed E-state index contributed by atoms with van der Waals surface area (Å²) in [6.07, 6.45) is 0.0997. The monoisotopic (exact) mass is 241 g/mol. The van der Waals surface area contributed by atoms with Crippen LogP contribution in [0.5, 0.6) is 0 Å². The first-order valence-electron chi connectivity index (χ1n) is 5.51. The van der Waals surface area contributed by atoms with Gasteiger partial charge in [0.2, 0.25) is 0 Å². The molecule has 1 unspecified atom stereocenters. The zero-order chi connectivity index (χ0) is 13.0. The minimum atomic E-state index is -0.640. The third-order valence-corrected chi connectivity index (χ3v) is 2.44. The van der Waals surface area contributed by atoms with Crippen molar-refractivity contribution < 1.29 is 14.4 Å². The van der Waals surface area contributed by atoms with Crippen molar-refractivity contribution >= 4 is 5.69 Å². The minimum Gasteiger partial charge on any atom is -0.393 e. The number of hydrogen-bond acceptors (Lipinski definition) is 3. The van der Waals surface area contributed by atoms with E-state index < -0.39 is 16.8 Å². The topological polar surface area (TPSA) is 63.4 Å². The average molecular weight is 241 g/mol. The Hall–Kier alpha value is -1.49. The van der Waals surface area contributed by atoms with Crippen molar-refractivity contribution in [3.8, 4) is 0 Å². The van der Waals surface area contributed by atoms with Gasteiger partial charge in [-0.2, -0.15) is 0 Å². The lowest BCUT2D eigenvalue weighted by molar-refractivity contribution is -0.385. The summed E-state index contributed by atoms with van der Waals surface area (Å²) in [5, 5.41) is 20.5. The van der Waals surface area contributed by atoms with Gasteiger partial charge in [0, 0.05) is 12.0 Å². The maximum atomic E-state index is 12.9. The highest BCUT2D eigenvalue weighted by Crippen LogP contribution is 2.22. The summed E-state index contributed by atoms with van der Waals surface area (Å²) in [4.78, 5) is 10.1. The maximum absolute atomic E-state index is 12.9. The SMILES string of the molecule is CC(C)CC(O)Cc1ccc(F)cc1[N+](=O)[O-]. The molecule has 0 saturated heterocycles. The Bertz CT molecular complexity index is 407. The van der Waals surface area contributed by atoms with Gasteiger partial charge in [-0.3, -0.25) is 10.1 Å². The van der Waals surface area contributed by atoms with E-state index >= 15 is 0 Å². The number of nitro groups is 1. The molecule has 0 aromatic heterocycles. The van der Waals surface area contributed by atoms with E-state index in [1.807, 2.05) is 13.8 Å². The number of benzene rings is 1. The van der Waals surface area contributed by atoms with E-state index in [0.717, 1.165) is 6.07 Å². The molecule has 17 heavy (non-hydrogen) atoms. The van der Waals surface area contributed by atoms with Crippen LogP contribution in [-0.4, -0.2) is 16.1 Å². The molecular weight excluding hydrogens is 225 g/mol. The van der Waals surface area contributed by atoms with Crippen LogP contribution < -0.4 is 0 Å². The fraction of sp³-hybridized carbons (Fsp3) is 0.500. The highest BCUT2D eigenvalue weighted by molar-refractivity contribution is 5.40. The molecular formula is C12H16FNO3. The van der Waals surface area contributed by atoms with Gasteiger partial charge in [0.1, 0.15) is 5.82 Å². The molecule has 0 fully saturated rings. The van der Waals surface area contributed by atoms with Gasteiger partial charge in [0.15, 0.2) is 0 Å². The molecule has 1 atom stereocenters. The second-order valence-electron chi connectivity index (χ2n) is 4.52. The van der Waals surface area contributed by atoms with Crippen molar-refractivity contribution in [2.24, 2.45) is 5.92 Å². The summed E-state index contributed by atoms with van der Waals surface area (Å²) in [5.74, 6) is -0.330. The zero-order valence-electron chi connectivity index (χ0n) is 9.89. The molecule has 0 aliphatic heterocycles. The van der Waals surface area contributed by atoms with E-state index in [4.69, 9.17) is 0 Å². The van der Waals surface area contributed by atoms with Crippen LogP contribution in [0.15, 0.2) is 18.2 Å². The van der Waals surface area contributed by atoms with E-state index in [1.54, 1.807) is 0 Å². The summed E-state index contributed by atoms with van der Waals surface area (Å²) >= 11 is 0. The second-order valence-corrected chi connectivity index (χ2v) is 4.52. The Balaban J connectivity index is 2.86. The van der Waals surface area contributed by atoms with E-state index in [2.05, 4.69) is 0 Å². The van der Waals surface area contributed by atoms with Crippen LogP contribution in [0.25, 0.3) is 0 Å². The molecule has 0 amide bonds. The summed E-state index contributed by atoms with van der Waals surface area (Å²) in [6.45, 7) is 3.92. The van der Waals surface area contributed by atoms with Crippen LogP contribution in [0.1, 0.15) is 25.8 Å². The number of nitrogens with zero attached hydrogens (tertiary/aromatic N) is 1. The summed E-state index contributed by atoms with van der Waals surface area (Å²) < 4.78 is 12.9. The smallest absolute Gasteiger partial charge is 0.275 e. The second kappa shape index (κ2) is 5.72. The third kappa shape index (κ3) is 4.11. The van der Waals surface area contributed by atoms with Crippen LogP contribution in [0.4, 0.5) is 10.1 Å². The molecule has 0 aliphatic rings. The number of nitro benzene ring substituents is 1. The average Bonchev–Trinajstić information content (AvgIpc) is 2.19. The van der Waals surface area contributed by atoms with Gasteiger partial charge in [-0.1, -0.05) is 13.8 Å². The number of aliphatic hydroxyl groups excluding tert-OH is 1. The fourth-order valence-corrected chi connectivity index (χ4v) is 1.76. The molecule has 0 bridgehead atoms. The van der Waals surface area contributed by atoms with E-state index in [1.165, 1.54) is 12.1 Å². The molecule has 1 aromatic rings. The number of aliphatic hydroxyl groups is 1. The molecule has 1 N–H and O–H groups in total. The first kappa shape index (κ1) is 13.6. The molecule has 0 radical (unpaired) electrons. The van der Waals surface area contributed by atoms with Gasteiger partial charge in [-0.15, -0.1) is 0 Å². The summed E-state index contributed by atoms with van der Waals surface area (Å²) in [7, 11) is 0. The van der Waals surface area contributed by atoms with Crippen LogP contribution >= 0.6 is 0 Å². The summed E-state index contributed by atoms with van der Waals surface area (Å²) in [5.41, 5.74) is 0.0948. The molecule has 0 aliphatic carbocycles. The van der Waals surface area contributed by atoms with Gasteiger partial charge < -0.3 is 5.11 Å². The first-order chi connectivity index (χ1) is 7.90. The molecule has 0 saturated carbocycles. The van der Waals surface area contributed by atoms with Gasteiger partial charge in [0.25, 0.3) is 5.69 Å². The Kier molecular flexibility index (Phi) is 4.57. The minimum absolute atomic E-state index is 0.175. The Morgan fingerprint density at radius 1 is 1.47 bits per heavy atom. The van der Waals surface area contributed by atoms with E-state index in [0.29, 0.717) is 17.9 Å². The molecule has 0 heterocycles. The molecule has 5 heteroatoms. The molecule has 1 aromatic carbocycles. The highest BCUT2D eigenvalue weighted by Gasteiger charge is 2.18. The Morgan fingerprint density at radius 2 is 2.12 bits per heavy atom. The van der Waals surface area contributed by atoms with Crippen LogP contribution in [0.3, 0.4) is 0 Å². The van der Waals surface area contributed by atoms with Gasteiger partial charge >= 0.3 is 0 Å². The van der Waals surface area contributed by atoms with Crippen LogP contribution in [0, 0.1) is 21.8 Å². The van der Waals surface area contributed by atoms with Crippen molar-refractivity contribution in [2.75, 3.05) is 0 Å². The maximum Gasteiger partial charge on any atom is 0.275 e. The Labute approximate surface area is 99.2 Å². The van der Waals surface area contributed by atoms with Crippen molar-refractivity contribution in [3.63, 3.8) is 0 Å². The standard InChI is InChI=1S/C12H16FNO3/c1-8(2)5-11(15)6-9-3-4-10(13)7-12(9)14(16)17/h3-4,7-8,11,15H,5-6H2,1-2H3. The zero-order valence-corrected chi connectivity index (χ0v) is 9.89. The molecule has 1 rings (SSSR count). The summed E-state index contributed by atoms with van der Waals surface area (Å²) in [6, 6.07) is 3.42. The third-order valence-electron chi connectivity index (χ3n) is 2.44. The molecule has 4 nitrogen and oxygen atoms in total. The number of halogens is 1. The lowest BCUT2D eigenvalue weighted by Crippen LogP contribution is -2.14. The van der Waals surface area contributed by atoms with Crippen molar-refractivity contribution in [1.29, 1.82) is 0 Å². The van der Waals surface area contributed by atoms with Gasteiger partial charge in [-0.05, 0) is 24.5 Å². The van der Waals surface area contributed by atoms with Gasteiger partial charge in [-0.25, -0.2) is 4.39 Å². The molecule has 94 valence electrons. The van der Waals surface area contributed by atoms with Crippen molar-refractivity contribution in [2.45, 2.75) is 32.8 Å². The predicted octanol–water partition coefficient (Wildman–Crippen LogP) is 2.68. The lowest BCUT2D eigenvalue weighted by atomic mass is 9.99. The quantitative estimate of drug-likeness (QED) is 0.636. The largest absolute Gasteiger partial charge is 0.393 e. The van der Waals surface area contributed by atoms with Crippen LogP contribution in [0.2, 0.25) is 0 Å². The van der Waals surface area contributed by atoms with E-state index in [-0.39, 0.29) is 12.1 Å². The highest BCUT2D eigenvalue weighted by atomic mass is 19.1. The molecule has 0 spiro atoms. The first-order valence-corrected chi connectivity index (χ1v) is 5.51. The van der Waals surface area contributed by atoms with Crippen LogP contribution in [-0.2, 0) is 6.42 Å². The fourth-order valence-electron chi connectivity index (χ4n) is 1.76. The Morgan fingerprint density at radius 3 is 2.65 bits per heavy atom. The lowest BCUT2D eigenvalue weighted by Gasteiger charge is -2.12. The van der Waals surface area contributed by atoms with Crippen molar-refractivity contribution in [1.82, 2.24) is 0 Å². The normalized spacial score (nSPS) is 12.8. The van der Waals surface area contributed by atoms with Gasteiger partial charge in [0.05, 0.1) is 17.1 Å². The predicted molar refractivity (Wildman–Crippen MR) is 62.2 cm³/mol. The van der Waals surface area contributed by atoms with E-state index in [9.17, 15) is 19.6 Å².